The molecule has 1 unspecified atom stereocenters. The monoisotopic (exact) mass is 337 g/mol. The number of fused-ring (bicyclic) bond motifs is 5. The Labute approximate surface area is 150 Å². The number of isocyanates is 1. The lowest BCUT2D eigenvalue weighted by molar-refractivity contribution is -0.110. The molecule has 0 radical (unpaired) electrons. The van der Waals surface area contributed by atoms with Crippen molar-refractivity contribution in [3.05, 3.63) is 35.5 Å². The molecule has 0 saturated heterocycles. The lowest BCUT2D eigenvalue weighted by Crippen LogP contribution is -2.44. The van der Waals surface area contributed by atoms with Crippen LogP contribution in [-0.4, -0.2) is 17.9 Å². The topological polar surface area (TPSA) is 46.5 Å². The summed E-state index contributed by atoms with van der Waals surface area (Å²) in [6, 6.07) is 0.0595. The first kappa shape index (κ1) is 16.7. The molecule has 2 saturated carbocycles. The fourth-order valence-corrected chi connectivity index (χ4v) is 6.52. The van der Waals surface area contributed by atoms with Crippen LogP contribution in [0.3, 0.4) is 0 Å². The molecule has 132 valence electrons. The largest absolute Gasteiger partial charge is 0.290 e. The van der Waals surface area contributed by atoms with E-state index in [0.29, 0.717) is 17.8 Å². The Balaban J connectivity index is 1.71. The van der Waals surface area contributed by atoms with Gasteiger partial charge >= 0.3 is 0 Å². The van der Waals surface area contributed by atoms with Crippen LogP contribution in [0.15, 0.2) is 40.4 Å². The van der Waals surface area contributed by atoms with Crippen LogP contribution in [0.25, 0.3) is 0 Å². The predicted octanol–water partition coefficient (Wildman–Crippen LogP) is 4.55. The molecule has 0 aromatic rings. The molecule has 0 aromatic carbocycles. The number of carbonyl (C=O) groups is 1. The fraction of sp³-hybridized carbons (Fsp3) is 0.636. The molecule has 4 aliphatic rings. The van der Waals surface area contributed by atoms with Crippen molar-refractivity contribution >= 4 is 11.9 Å². The standard InChI is InChI=1S/C22H27NO2/c1-14(23-13-24)18-6-7-19-17-5-4-15-12-16(25)8-10-21(15,2)20(17)9-11-22(18,19)3/h8-10,12,14,17-19H,4-7,11H2,1-3H3/t14?,17-,18+,19-,21-,22+/m0/s1. The molecular formula is C22H27NO2. The molecule has 25 heavy (non-hydrogen) atoms. The summed E-state index contributed by atoms with van der Waals surface area (Å²) in [6.45, 7) is 6.77. The highest BCUT2D eigenvalue weighted by atomic mass is 16.1. The number of hydrogen-bond acceptors (Lipinski definition) is 3. The number of nitrogens with zero attached hydrogens (tertiary/aromatic N) is 1. The SMILES string of the molecule is CC(N=C=O)[C@H]1CC[C@H]2[C@@H]3CCC4=CC(=O)C=C[C@]4(C)C3=CC[C@]12C. The highest BCUT2D eigenvalue weighted by molar-refractivity contribution is 6.01. The van der Waals surface area contributed by atoms with E-state index in [1.54, 1.807) is 12.2 Å². The van der Waals surface area contributed by atoms with Gasteiger partial charge in [0.25, 0.3) is 0 Å². The van der Waals surface area contributed by atoms with E-state index in [-0.39, 0.29) is 22.7 Å². The van der Waals surface area contributed by atoms with Gasteiger partial charge in [0, 0.05) is 5.41 Å². The van der Waals surface area contributed by atoms with Crippen molar-refractivity contribution < 1.29 is 9.59 Å². The Morgan fingerprint density at radius 3 is 2.84 bits per heavy atom. The first-order valence-corrected chi connectivity index (χ1v) is 9.62. The van der Waals surface area contributed by atoms with E-state index in [2.05, 4.69) is 37.9 Å². The molecule has 0 spiro atoms. The number of aliphatic imine (C=N–C) groups is 1. The number of allylic oxidation sites excluding steroid dienone is 6. The van der Waals surface area contributed by atoms with Crippen molar-refractivity contribution in [2.45, 2.75) is 58.9 Å². The van der Waals surface area contributed by atoms with Crippen LogP contribution in [0.5, 0.6) is 0 Å². The third-order valence-electron chi connectivity index (χ3n) is 7.86. The molecule has 0 bridgehead atoms. The van der Waals surface area contributed by atoms with Crippen molar-refractivity contribution in [2.24, 2.45) is 33.6 Å². The Bertz CT molecular complexity index is 754. The van der Waals surface area contributed by atoms with Gasteiger partial charge in [-0.25, -0.2) is 9.79 Å². The van der Waals surface area contributed by atoms with Crippen molar-refractivity contribution in [3.8, 4) is 0 Å². The molecule has 0 N–H and O–H groups in total. The highest BCUT2D eigenvalue weighted by Crippen LogP contribution is 2.64. The minimum absolute atomic E-state index is 0.0595. The van der Waals surface area contributed by atoms with E-state index >= 15 is 0 Å². The Morgan fingerprint density at radius 2 is 2.08 bits per heavy atom. The molecule has 0 amide bonds. The molecule has 4 aliphatic carbocycles. The first-order valence-electron chi connectivity index (χ1n) is 9.62. The summed E-state index contributed by atoms with van der Waals surface area (Å²) in [5, 5.41) is 0. The maximum Gasteiger partial charge on any atom is 0.235 e. The number of hydrogen-bond donors (Lipinski definition) is 0. The third-order valence-corrected chi connectivity index (χ3v) is 7.86. The first-order chi connectivity index (χ1) is 11.9. The van der Waals surface area contributed by atoms with E-state index in [1.165, 1.54) is 17.6 Å². The van der Waals surface area contributed by atoms with Gasteiger partial charge in [0.15, 0.2) is 5.78 Å². The second-order valence-corrected chi connectivity index (χ2v) is 8.87. The normalized spacial score (nSPS) is 43.2. The van der Waals surface area contributed by atoms with Crippen LogP contribution in [0, 0.1) is 28.6 Å². The molecule has 2 fully saturated rings. The van der Waals surface area contributed by atoms with E-state index in [9.17, 15) is 9.59 Å². The van der Waals surface area contributed by atoms with Gasteiger partial charge in [-0.15, -0.1) is 0 Å². The van der Waals surface area contributed by atoms with Crippen molar-refractivity contribution in [1.29, 1.82) is 0 Å². The fourth-order valence-electron chi connectivity index (χ4n) is 6.52. The van der Waals surface area contributed by atoms with Gasteiger partial charge in [-0.1, -0.05) is 30.2 Å². The van der Waals surface area contributed by atoms with Gasteiger partial charge in [-0.3, -0.25) is 4.79 Å². The zero-order valence-corrected chi connectivity index (χ0v) is 15.4. The molecule has 6 atom stereocenters. The zero-order chi connectivity index (χ0) is 17.8. The van der Waals surface area contributed by atoms with E-state index < -0.39 is 0 Å². The minimum Gasteiger partial charge on any atom is -0.290 e. The number of rotatable bonds is 2. The Hall–Kier alpha value is -1.73. The Kier molecular flexibility index (Phi) is 3.77. The van der Waals surface area contributed by atoms with Gasteiger partial charge in [-0.2, -0.15) is 0 Å². The van der Waals surface area contributed by atoms with Gasteiger partial charge in [0.05, 0.1) is 6.04 Å². The summed E-state index contributed by atoms with van der Waals surface area (Å²) in [4.78, 5) is 26.6. The zero-order valence-electron chi connectivity index (χ0n) is 15.4. The molecule has 0 aromatic heterocycles. The summed E-state index contributed by atoms with van der Waals surface area (Å²) in [7, 11) is 0. The van der Waals surface area contributed by atoms with Crippen molar-refractivity contribution in [2.75, 3.05) is 0 Å². The summed E-state index contributed by atoms with van der Waals surface area (Å²) in [6.07, 6.45) is 15.6. The van der Waals surface area contributed by atoms with Crippen LogP contribution < -0.4 is 0 Å². The van der Waals surface area contributed by atoms with Crippen LogP contribution in [0.2, 0.25) is 0 Å². The lowest BCUT2D eigenvalue weighted by Gasteiger charge is -2.52. The predicted molar refractivity (Wildman–Crippen MR) is 97.7 cm³/mol. The van der Waals surface area contributed by atoms with Gasteiger partial charge in [0.2, 0.25) is 6.08 Å². The summed E-state index contributed by atoms with van der Waals surface area (Å²) in [5.74, 6) is 1.85. The van der Waals surface area contributed by atoms with E-state index in [1.807, 2.05) is 6.08 Å². The Morgan fingerprint density at radius 1 is 1.28 bits per heavy atom. The van der Waals surface area contributed by atoms with Crippen molar-refractivity contribution in [1.82, 2.24) is 0 Å². The van der Waals surface area contributed by atoms with Crippen LogP contribution >= 0.6 is 0 Å². The maximum atomic E-state index is 11.8. The van der Waals surface area contributed by atoms with Gasteiger partial charge in [-0.05, 0) is 81.3 Å². The number of carbonyl (C=O) groups excluding carboxylic acids is 2. The molecule has 3 heteroatoms. The smallest absolute Gasteiger partial charge is 0.235 e. The van der Waals surface area contributed by atoms with Gasteiger partial charge < -0.3 is 0 Å². The maximum absolute atomic E-state index is 11.8. The van der Waals surface area contributed by atoms with Crippen LogP contribution in [-0.2, 0) is 9.59 Å². The highest BCUT2D eigenvalue weighted by Gasteiger charge is 2.56. The molecule has 0 aliphatic heterocycles. The molecular weight excluding hydrogens is 310 g/mol. The summed E-state index contributed by atoms with van der Waals surface area (Å²) >= 11 is 0. The minimum atomic E-state index is -0.0667. The average Bonchev–Trinajstić information content (AvgIpc) is 2.93. The second-order valence-electron chi connectivity index (χ2n) is 8.87. The molecule has 4 rings (SSSR count). The third kappa shape index (κ3) is 2.29. The van der Waals surface area contributed by atoms with E-state index in [4.69, 9.17) is 0 Å². The van der Waals surface area contributed by atoms with Crippen molar-refractivity contribution in [3.63, 3.8) is 0 Å². The van der Waals surface area contributed by atoms with Crippen LogP contribution in [0.1, 0.15) is 52.9 Å². The molecule has 3 nitrogen and oxygen atoms in total. The second kappa shape index (κ2) is 5.64. The van der Waals surface area contributed by atoms with Crippen LogP contribution in [0.4, 0.5) is 0 Å². The average molecular weight is 337 g/mol. The number of ketones is 1. The molecule has 0 heterocycles. The van der Waals surface area contributed by atoms with E-state index in [0.717, 1.165) is 25.7 Å². The summed E-state index contributed by atoms with van der Waals surface area (Å²) in [5.41, 5.74) is 2.98. The summed E-state index contributed by atoms with van der Waals surface area (Å²) < 4.78 is 0. The lowest BCUT2D eigenvalue weighted by atomic mass is 9.52. The van der Waals surface area contributed by atoms with Gasteiger partial charge in [0.1, 0.15) is 0 Å². The quantitative estimate of drug-likeness (QED) is 0.421.